The molecule has 2 heterocycles. The Morgan fingerprint density at radius 1 is 1.07 bits per heavy atom. The molecule has 0 atom stereocenters. The fourth-order valence-corrected chi connectivity index (χ4v) is 4.43. The molecule has 2 aromatic rings. The van der Waals surface area contributed by atoms with Crippen molar-refractivity contribution in [1.29, 1.82) is 0 Å². The molecule has 1 fully saturated rings. The van der Waals surface area contributed by atoms with Crippen molar-refractivity contribution in [3.63, 3.8) is 0 Å². The highest BCUT2D eigenvalue weighted by Crippen LogP contribution is 2.34. The molecule has 2 aliphatic rings. The van der Waals surface area contributed by atoms with Gasteiger partial charge in [0.05, 0.1) is 4.92 Å². The van der Waals surface area contributed by atoms with E-state index in [-0.39, 0.29) is 22.4 Å². The number of para-hydroxylation sites is 2. The van der Waals surface area contributed by atoms with Gasteiger partial charge in [0, 0.05) is 37.3 Å². The van der Waals surface area contributed by atoms with Crippen LogP contribution in [0.3, 0.4) is 0 Å². The number of carbonyl (C=O) groups is 1. The summed E-state index contributed by atoms with van der Waals surface area (Å²) in [5.74, 6) is 0.179. The Morgan fingerprint density at radius 2 is 1.82 bits per heavy atom. The lowest BCUT2D eigenvalue weighted by Gasteiger charge is -2.37. The molecule has 0 spiro atoms. The minimum absolute atomic E-state index is 0.0220. The average molecular weight is 379 g/mol. The molecular weight excluding hydrogens is 354 g/mol. The van der Waals surface area contributed by atoms with Crippen LogP contribution >= 0.6 is 0 Å². The van der Waals surface area contributed by atoms with E-state index in [1.54, 1.807) is 18.2 Å². The summed E-state index contributed by atoms with van der Waals surface area (Å²) in [5, 5.41) is 11.3. The third-order valence-electron chi connectivity index (χ3n) is 5.88. The van der Waals surface area contributed by atoms with Gasteiger partial charge < -0.3 is 9.80 Å². The van der Waals surface area contributed by atoms with E-state index in [2.05, 4.69) is 25.1 Å². The Labute approximate surface area is 164 Å². The third-order valence-corrected chi connectivity index (χ3v) is 5.88. The van der Waals surface area contributed by atoms with Crippen LogP contribution < -0.4 is 9.80 Å². The first-order valence-corrected chi connectivity index (χ1v) is 9.94. The minimum atomic E-state index is -0.334. The van der Waals surface area contributed by atoms with Gasteiger partial charge in [-0.3, -0.25) is 14.9 Å². The first kappa shape index (κ1) is 18.5. The van der Waals surface area contributed by atoms with E-state index in [4.69, 9.17) is 0 Å². The molecule has 146 valence electrons. The fourth-order valence-electron chi connectivity index (χ4n) is 4.43. The number of anilines is 2. The van der Waals surface area contributed by atoms with Gasteiger partial charge in [-0.25, -0.2) is 0 Å². The van der Waals surface area contributed by atoms with Crippen molar-refractivity contribution < 1.29 is 9.72 Å². The monoisotopic (exact) mass is 379 g/mol. The van der Waals surface area contributed by atoms with Crippen LogP contribution in [0, 0.1) is 23.0 Å². The van der Waals surface area contributed by atoms with E-state index in [9.17, 15) is 14.9 Å². The highest BCUT2D eigenvalue weighted by atomic mass is 16.6. The molecule has 2 aromatic carbocycles. The van der Waals surface area contributed by atoms with Gasteiger partial charge in [0.2, 0.25) is 5.91 Å². The normalized spacial score (nSPS) is 17.3. The highest BCUT2D eigenvalue weighted by molar-refractivity contribution is 5.96. The van der Waals surface area contributed by atoms with Crippen LogP contribution in [0.15, 0.2) is 42.5 Å². The standard InChI is InChI=1S/C22H25N3O3/c1-16-8-9-19-18(15-16)5-4-12-24(19)22(26)17-10-13-23(14-11-17)20-6-2-3-7-21(20)25(27)28/h2-3,6-9,15,17H,4-5,10-14H2,1H3. The summed E-state index contributed by atoms with van der Waals surface area (Å²) in [4.78, 5) is 28.2. The molecular formula is C22H25N3O3. The van der Waals surface area contributed by atoms with E-state index >= 15 is 0 Å². The molecule has 2 aliphatic heterocycles. The maximum absolute atomic E-state index is 13.2. The highest BCUT2D eigenvalue weighted by Gasteiger charge is 2.32. The zero-order valence-electron chi connectivity index (χ0n) is 16.1. The molecule has 0 N–H and O–H groups in total. The quantitative estimate of drug-likeness (QED) is 0.595. The second-order valence-electron chi connectivity index (χ2n) is 7.73. The van der Waals surface area contributed by atoms with Crippen molar-refractivity contribution >= 4 is 23.0 Å². The number of hydrogen-bond acceptors (Lipinski definition) is 4. The first-order chi connectivity index (χ1) is 13.5. The Morgan fingerprint density at radius 3 is 2.57 bits per heavy atom. The summed E-state index contributed by atoms with van der Waals surface area (Å²) < 4.78 is 0. The lowest BCUT2D eigenvalue weighted by molar-refractivity contribution is -0.384. The average Bonchev–Trinajstić information content (AvgIpc) is 2.72. The van der Waals surface area contributed by atoms with Crippen molar-refractivity contribution in [1.82, 2.24) is 0 Å². The van der Waals surface area contributed by atoms with Gasteiger partial charge in [-0.15, -0.1) is 0 Å². The summed E-state index contributed by atoms with van der Waals surface area (Å²) >= 11 is 0. The Bertz CT molecular complexity index is 904. The molecule has 0 radical (unpaired) electrons. The van der Waals surface area contributed by atoms with Crippen molar-refractivity contribution in [2.75, 3.05) is 29.4 Å². The lowest BCUT2D eigenvalue weighted by Crippen LogP contribution is -2.44. The molecule has 1 saturated heterocycles. The number of amides is 1. The number of benzene rings is 2. The SMILES string of the molecule is Cc1ccc2c(c1)CCCN2C(=O)C1CCN(c2ccccc2[N+](=O)[O-])CC1. The zero-order chi connectivity index (χ0) is 19.7. The summed E-state index contributed by atoms with van der Waals surface area (Å²) in [7, 11) is 0. The van der Waals surface area contributed by atoms with Crippen LogP contribution in [0.1, 0.15) is 30.4 Å². The van der Waals surface area contributed by atoms with Crippen LogP contribution in [-0.2, 0) is 11.2 Å². The minimum Gasteiger partial charge on any atom is -0.366 e. The molecule has 28 heavy (non-hydrogen) atoms. The number of nitrogens with zero attached hydrogens (tertiary/aromatic N) is 3. The molecule has 1 amide bonds. The fraction of sp³-hybridized carbons (Fsp3) is 0.409. The van der Waals surface area contributed by atoms with Crippen LogP contribution in [0.2, 0.25) is 0 Å². The lowest BCUT2D eigenvalue weighted by atomic mass is 9.92. The van der Waals surface area contributed by atoms with Gasteiger partial charge in [0.15, 0.2) is 0 Å². The van der Waals surface area contributed by atoms with Gasteiger partial charge in [-0.05, 0) is 50.3 Å². The van der Waals surface area contributed by atoms with E-state index in [1.807, 2.05) is 15.9 Å². The van der Waals surface area contributed by atoms with Gasteiger partial charge in [-0.2, -0.15) is 0 Å². The summed E-state index contributed by atoms with van der Waals surface area (Å²) in [6, 6.07) is 13.2. The van der Waals surface area contributed by atoms with Gasteiger partial charge >= 0.3 is 0 Å². The number of nitro benzene ring substituents is 1. The molecule has 0 aliphatic carbocycles. The number of piperidine rings is 1. The van der Waals surface area contributed by atoms with Crippen molar-refractivity contribution in [2.45, 2.75) is 32.6 Å². The second kappa shape index (κ2) is 7.62. The zero-order valence-corrected chi connectivity index (χ0v) is 16.1. The van der Waals surface area contributed by atoms with Crippen molar-refractivity contribution in [3.8, 4) is 0 Å². The summed E-state index contributed by atoms with van der Waals surface area (Å²) in [6.45, 7) is 4.19. The predicted molar refractivity (Wildman–Crippen MR) is 110 cm³/mol. The van der Waals surface area contributed by atoms with Crippen molar-refractivity contribution in [3.05, 3.63) is 63.7 Å². The Balaban J connectivity index is 1.47. The Kier molecular flexibility index (Phi) is 5.03. The Hall–Kier alpha value is -2.89. The van der Waals surface area contributed by atoms with Gasteiger partial charge in [-0.1, -0.05) is 29.8 Å². The number of rotatable bonds is 3. The maximum Gasteiger partial charge on any atom is 0.292 e. The van der Waals surface area contributed by atoms with Crippen LogP contribution in [0.25, 0.3) is 0 Å². The molecule has 0 bridgehead atoms. The molecule has 0 saturated carbocycles. The number of fused-ring (bicyclic) bond motifs is 1. The third kappa shape index (κ3) is 3.46. The van der Waals surface area contributed by atoms with Crippen molar-refractivity contribution in [2.24, 2.45) is 5.92 Å². The number of carbonyl (C=O) groups excluding carboxylic acids is 1. The summed E-state index contributed by atoms with van der Waals surface area (Å²) in [5.41, 5.74) is 4.33. The van der Waals surface area contributed by atoms with Crippen LogP contribution in [0.4, 0.5) is 17.1 Å². The molecule has 4 rings (SSSR count). The van der Waals surface area contributed by atoms with E-state index < -0.39 is 0 Å². The van der Waals surface area contributed by atoms with Gasteiger partial charge in [0.25, 0.3) is 5.69 Å². The maximum atomic E-state index is 13.2. The molecule has 0 aromatic heterocycles. The van der Waals surface area contributed by atoms with Gasteiger partial charge in [0.1, 0.15) is 5.69 Å². The topological polar surface area (TPSA) is 66.7 Å². The van der Waals surface area contributed by atoms with E-state index in [1.165, 1.54) is 11.1 Å². The number of aryl methyl sites for hydroxylation is 2. The molecule has 0 unspecified atom stereocenters. The molecule has 6 nitrogen and oxygen atoms in total. The number of hydrogen-bond donors (Lipinski definition) is 0. The van der Waals surface area contributed by atoms with Crippen LogP contribution in [-0.4, -0.2) is 30.5 Å². The largest absolute Gasteiger partial charge is 0.366 e. The first-order valence-electron chi connectivity index (χ1n) is 9.94. The predicted octanol–water partition coefficient (Wildman–Crippen LogP) is 4.10. The summed E-state index contributed by atoms with van der Waals surface area (Å²) in [6.07, 6.45) is 3.47. The van der Waals surface area contributed by atoms with E-state index in [0.29, 0.717) is 18.8 Å². The smallest absolute Gasteiger partial charge is 0.292 e. The van der Waals surface area contributed by atoms with E-state index in [0.717, 1.165) is 37.9 Å². The second-order valence-corrected chi connectivity index (χ2v) is 7.73. The van der Waals surface area contributed by atoms with Crippen LogP contribution in [0.5, 0.6) is 0 Å². The molecule has 6 heteroatoms. The number of nitro groups is 1.